The zero-order chi connectivity index (χ0) is 21.7. The Morgan fingerprint density at radius 1 is 1.27 bits per heavy atom. The summed E-state index contributed by atoms with van der Waals surface area (Å²) in [6.07, 6.45) is 3.58. The molecule has 0 radical (unpaired) electrons. The van der Waals surface area contributed by atoms with Crippen LogP contribution in [0, 0.1) is 6.92 Å². The van der Waals surface area contributed by atoms with Gasteiger partial charge >= 0.3 is 0 Å². The highest BCUT2D eigenvalue weighted by Gasteiger charge is 2.14. The molecule has 30 heavy (non-hydrogen) atoms. The minimum absolute atomic E-state index is 0.125. The minimum atomic E-state index is -0.318. The molecule has 7 nitrogen and oxygen atoms in total. The first kappa shape index (κ1) is 22.1. The number of halogens is 2. The summed E-state index contributed by atoms with van der Waals surface area (Å²) in [6, 6.07) is 6.95. The fourth-order valence-corrected chi connectivity index (χ4v) is 3.47. The van der Waals surface area contributed by atoms with E-state index >= 15 is 0 Å². The Hall–Kier alpha value is -2.61. The second-order valence-corrected chi connectivity index (χ2v) is 7.66. The van der Waals surface area contributed by atoms with Crippen LogP contribution >= 0.6 is 23.2 Å². The highest BCUT2D eigenvalue weighted by molar-refractivity contribution is 6.31. The van der Waals surface area contributed by atoms with E-state index in [-0.39, 0.29) is 35.0 Å². The molecule has 158 valence electrons. The van der Waals surface area contributed by atoms with E-state index in [1.165, 1.54) is 4.57 Å². The van der Waals surface area contributed by atoms with Crippen molar-refractivity contribution in [1.82, 2.24) is 14.9 Å². The maximum Gasteiger partial charge on any atom is 0.255 e. The normalized spacial score (nSPS) is 10.9. The van der Waals surface area contributed by atoms with Crippen LogP contribution in [-0.2, 0) is 37.3 Å². The van der Waals surface area contributed by atoms with Gasteiger partial charge in [0.2, 0.25) is 5.91 Å². The number of pyridine rings is 1. The highest BCUT2D eigenvalue weighted by Crippen LogP contribution is 2.16. The van der Waals surface area contributed by atoms with Crippen molar-refractivity contribution in [3.63, 3.8) is 0 Å². The van der Waals surface area contributed by atoms with Crippen molar-refractivity contribution in [2.75, 3.05) is 0 Å². The van der Waals surface area contributed by atoms with Crippen molar-refractivity contribution in [1.29, 1.82) is 0 Å². The third-order valence-corrected chi connectivity index (χ3v) is 5.27. The summed E-state index contributed by atoms with van der Waals surface area (Å²) in [7, 11) is 0. The van der Waals surface area contributed by atoms with E-state index < -0.39 is 0 Å². The average molecular weight is 449 g/mol. The molecule has 9 heteroatoms. The van der Waals surface area contributed by atoms with Gasteiger partial charge in [0.15, 0.2) is 5.89 Å². The largest absolute Gasteiger partial charge is 0.449 e. The summed E-state index contributed by atoms with van der Waals surface area (Å²) < 4.78 is 6.69. The molecule has 0 unspecified atom stereocenters. The fourth-order valence-electron chi connectivity index (χ4n) is 3.07. The maximum atomic E-state index is 12.8. The molecule has 0 fully saturated rings. The molecule has 0 aliphatic heterocycles. The number of benzene rings is 1. The number of aromatic nitrogens is 2. The summed E-state index contributed by atoms with van der Waals surface area (Å²) >= 11 is 12.2. The van der Waals surface area contributed by atoms with Gasteiger partial charge in [-0.3, -0.25) is 9.59 Å². The van der Waals surface area contributed by atoms with E-state index in [4.69, 9.17) is 33.4 Å². The van der Waals surface area contributed by atoms with Crippen LogP contribution in [0.2, 0.25) is 10.0 Å². The molecule has 3 N–H and O–H groups in total. The number of nitrogens with zero attached hydrogens (tertiary/aromatic N) is 2. The highest BCUT2D eigenvalue weighted by atomic mass is 35.5. The Morgan fingerprint density at radius 3 is 2.77 bits per heavy atom. The zero-order valence-corrected chi connectivity index (χ0v) is 18.0. The van der Waals surface area contributed by atoms with E-state index in [0.29, 0.717) is 30.4 Å². The number of carbonyl (C=O) groups excluding carboxylic acids is 1. The first-order valence-electron chi connectivity index (χ1n) is 9.40. The molecule has 0 atom stereocenters. The molecule has 0 aliphatic rings. The van der Waals surface area contributed by atoms with Gasteiger partial charge in [0.25, 0.3) is 5.56 Å². The zero-order valence-electron chi connectivity index (χ0n) is 16.5. The first-order valence-corrected chi connectivity index (χ1v) is 10.2. The number of hydrogen-bond donors (Lipinski definition) is 2. The summed E-state index contributed by atoms with van der Waals surface area (Å²) in [5.41, 5.74) is 8.16. The van der Waals surface area contributed by atoms with Gasteiger partial charge in [0.05, 0.1) is 17.1 Å². The number of carbonyl (C=O) groups is 1. The smallest absolute Gasteiger partial charge is 0.255 e. The molecule has 0 bridgehead atoms. The molecule has 0 aliphatic carbocycles. The molecular formula is C21H22Cl2N4O3. The summed E-state index contributed by atoms with van der Waals surface area (Å²) in [5.74, 6) is 0.255. The summed E-state index contributed by atoms with van der Waals surface area (Å²) in [5, 5.41) is 3.62. The lowest BCUT2D eigenvalue weighted by atomic mass is 10.1. The molecule has 0 saturated heterocycles. The van der Waals surface area contributed by atoms with Crippen molar-refractivity contribution < 1.29 is 9.21 Å². The van der Waals surface area contributed by atoms with E-state index in [0.717, 1.165) is 16.8 Å². The minimum Gasteiger partial charge on any atom is -0.449 e. The molecule has 0 saturated carbocycles. The van der Waals surface area contributed by atoms with Gasteiger partial charge in [-0.25, -0.2) is 4.98 Å². The quantitative estimate of drug-likeness (QED) is 0.551. The van der Waals surface area contributed by atoms with Crippen LogP contribution in [0.3, 0.4) is 0 Å². The monoisotopic (exact) mass is 448 g/mol. The Balaban J connectivity index is 1.67. The first-order chi connectivity index (χ1) is 14.4. The van der Waals surface area contributed by atoms with Crippen molar-refractivity contribution in [2.45, 2.75) is 39.4 Å². The van der Waals surface area contributed by atoms with Crippen LogP contribution < -0.4 is 16.6 Å². The van der Waals surface area contributed by atoms with Gasteiger partial charge in [-0.15, -0.1) is 0 Å². The third-order valence-electron chi connectivity index (χ3n) is 4.69. The molecule has 1 amide bonds. The van der Waals surface area contributed by atoms with Crippen molar-refractivity contribution in [3.05, 3.63) is 85.4 Å². The molecule has 0 spiro atoms. The Kier molecular flexibility index (Phi) is 7.31. The second-order valence-electron chi connectivity index (χ2n) is 6.82. The maximum absolute atomic E-state index is 12.8. The summed E-state index contributed by atoms with van der Waals surface area (Å²) in [4.78, 5) is 29.5. The second kappa shape index (κ2) is 9.93. The van der Waals surface area contributed by atoms with Crippen LogP contribution in [0.15, 0.2) is 45.9 Å². The van der Waals surface area contributed by atoms with E-state index in [1.807, 2.05) is 6.07 Å². The molecule has 3 rings (SSSR count). The number of nitrogens with one attached hydrogen (secondary N) is 1. The molecular weight excluding hydrogens is 427 g/mol. The number of hydrogen-bond acceptors (Lipinski definition) is 5. The van der Waals surface area contributed by atoms with Crippen molar-refractivity contribution in [2.24, 2.45) is 5.73 Å². The van der Waals surface area contributed by atoms with Crippen LogP contribution in [0.5, 0.6) is 0 Å². The molecule has 2 heterocycles. The lowest BCUT2D eigenvalue weighted by molar-refractivity contribution is -0.120. The van der Waals surface area contributed by atoms with Crippen LogP contribution in [-0.4, -0.2) is 15.5 Å². The van der Waals surface area contributed by atoms with Gasteiger partial charge in [0, 0.05) is 49.8 Å². The number of oxazole rings is 1. The van der Waals surface area contributed by atoms with Gasteiger partial charge in [-0.2, -0.15) is 0 Å². The van der Waals surface area contributed by atoms with Gasteiger partial charge < -0.3 is 20.0 Å². The van der Waals surface area contributed by atoms with E-state index in [9.17, 15) is 9.59 Å². The number of aryl methyl sites for hydroxylation is 3. The molecule has 1 aromatic carbocycles. The van der Waals surface area contributed by atoms with E-state index in [1.54, 1.807) is 37.6 Å². The van der Waals surface area contributed by atoms with E-state index in [2.05, 4.69) is 10.3 Å². The van der Waals surface area contributed by atoms with Crippen LogP contribution in [0.25, 0.3) is 0 Å². The predicted octanol–water partition coefficient (Wildman–Crippen LogP) is 3.01. The van der Waals surface area contributed by atoms with Gasteiger partial charge in [-0.05, 0) is 29.3 Å². The SMILES string of the molecule is Cc1nc(CCn2ccc(Cl)c(CC(=O)NCc3cc(Cl)ccc3CN)c2=O)co1. The summed E-state index contributed by atoms with van der Waals surface area (Å²) in [6.45, 7) is 2.76. The van der Waals surface area contributed by atoms with Crippen molar-refractivity contribution >= 4 is 29.1 Å². The third kappa shape index (κ3) is 5.50. The lowest BCUT2D eigenvalue weighted by Crippen LogP contribution is -2.31. The van der Waals surface area contributed by atoms with Gasteiger partial charge in [0.1, 0.15) is 6.26 Å². The Morgan fingerprint density at radius 2 is 2.07 bits per heavy atom. The number of nitrogens with two attached hydrogens (primary N) is 1. The molecule has 2 aromatic heterocycles. The average Bonchev–Trinajstić information content (AvgIpc) is 3.14. The van der Waals surface area contributed by atoms with Gasteiger partial charge in [-0.1, -0.05) is 29.3 Å². The molecule has 3 aromatic rings. The fraction of sp³-hybridized carbons (Fsp3) is 0.286. The standard InChI is InChI=1S/C21H22Cl2N4O3/c1-13-26-17(12-30-13)4-6-27-7-5-19(23)18(21(27)29)9-20(28)25-11-15-8-16(22)3-2-14(15)10-24/h2-3,5,7-8,12H,4,6,9-11,24H2,1H3,(H,25,28). The topological polar surface area (TPSA) is 103 Å². The Bertz CT molecular complexity index is 1110. The Labute approximate surface area is 183 Å². The number of rotatable bonds is 8. The van der Waals surface area contributed by atoms with Crippen molar-refractivity contribution in [3.8, 4) is 0 Å². The predicted molar refractivity (Wildman–Crippen MR) is 116 cm³/mol. The van der Waals surface area contributed by atoms with Crippen LogP contribution in [0.4, 0.5) is 0 Å². The number of amides is 1. The van der Waals surface area contributed by atoms with Crippen LogP contribution in [0.1, 0.15) is 28.3 Å². The lowest BCUT2D eigenvalue weighted by Gasteiger charge is -2.12.